The van der Waals surface area contributed by atoms with Crippen molar-refractivity contribution >= 4 is 23.8 Å². The third-order valence-corrected chi connectivity index (χ3v) is 4.02. The van der Waals surface area contributed by atoms with Crippen LogP contribution in [0.1, 0.15) is 32.8 Å². The van der Waals surface area contributed by atoms with Gasteiger partial charge in [-0.05, 0) is 24.6 Å². The maximum atomic E-state index is 11.2. The summed E-state index contributed by atoms with van der Waals surface area (Å²) in [5.74, 6) is -0.898. The summed E-state index contributed by atoms with van der Waals surface area (Å²) in [4.78, 5) is 13.3. The second kappa shape index (κ2) is 8.81. The first-order valence-electron chi connectivity index (χ1n) is 7.86. The topological polar surface area (TPSA) is 74.5 Å². The number of carbonyl (C=O) groups excluding carboxylic acids is 1. The minimum atomic E-state index is -0.528. The van der Waals surface area contributed by atoms with E-state index < -0.39 is 5.97 Å². The van der Waals surface area contributed by atoms with Crippen molar-refractivity contribution < 1.29 is 31.1 Å². The second-order valence-electron chi connectivity index (χ2n) is 6.02. The number of para-hydroxylation sites is 1. The van der Waals surface area contributed by atoms with Crippen molar-refractivity contribution in [2.75, 3.05) is 18.6 Å². The van der Waals surface area contributed by atoms with Gasteiger partial charge in [0.05, 0.1) is 12.8 Å². The van der Waals surface area contributed by atoms with E-state index in [4.69, 9.17) is 4.74 Å². The van der Waals surface area contributed by atoms with Crippen LogP contribution in [0.5, 0.6) is 0 Å². The van der Waals surface area contributed by atoms with Gasteiger partial charge in [0.25, 0.3) is 0 Å². The van der Waals surface area contributed by atoms with E-state index in [1.165, 1.54) is 11.8 Å². The Kier molecular flexibility index (Phi) is 7.37. The Morgan fingerprint density at radius 1 is 1.36 bits per heavy atom. The molecule has 138 valence electrons. The zero-order valence-corrected chi connectivity index (χ0v) is 15.8. The van der Waals surface area contributed by atoms with Crippen molar-refractivity contribution in [3.05, 3.63) is 41.6 Å². The fourth-order valence-electron chi connectivity index (χ4n) is 2.88. The van der Waals surface area contributed by atoms with Crippen molar-refractivity contribution in [2.45, 2.75) is 32.6 Å². The van der Waals surface area contributed by atoms with Crippen molar-refractivity contribution in [3.63, 3.8) is 0 Å². The van der Waals surface area contributed by atoms with Crippen LogP contribution in [0.4, 0.5) is 5.69 Å². The van der Waals surface area contributed by atoms with E-state index in [0.717, 1.165) is 11.4 Å². The molecule has 1 aromatic rings. The van der Waals surface area contributed by atoms with E-state index >= 15 is 0 Å². The predicted molar refractivity (Wildman–Crippen MR) is 95.8 cm³/mol. The van der Waals surface area contributed by atoms with Gasteiger partial charge in [-0.25, -0.2) is 0 Å². The number of aliphatic hydroxyl groups excluding tert-OH is 1. The van der Waals surface area contributed by atoms with Crippen LogP contribution >= 0.6 is 0 Å². The number of hydrogen-bond donors (Lipinski definition) is 1. The summed E-state index contributed by atoms with van der Waals surface area (Å²) in [7, 11) is 2.01. The molecule has 0 spiro atoms. The molecule has 0 aromatic heterocycles. The normalized spacial score (nSPS) is 17.5. The molecule has 2 rings (SSSR count). The minimum absolute atomic E-state index is 0. The Hall–Kier alpha value is -2.14. The van der Waals surface area contributed by atoms with Gasteiger partial charge >= 0.3 is 5.97 Å². The van der Waals surface area contributed by atoms with Crippen LogP contribution in [0.2, 0.25) is 0 Å². The largest absolute Gasteiger partial charge is 0.495 e. The fourth-order valence-corrected chi connectivity index (χ4v) is 2.88. The molecule has 1 aromatic carbocycles. The number of esters is 1. The molecule has 0 radical (unpaired) electrons. The summed E-state index contributed by atoms with van der Waals surface area (Å²) < 4.78 is 4.73. The zero-order valence-electron chi connectivity index (χ0n) is 14.8. The number of benzene rings is 1. The Morgan fingerprint density at radius 3 is 2.68 bits per heavy atom. The molecule has 0 saturated carbocycles. The molecule has 0 fully saturated rings. The number of hydrogen-bond acceptors (Lipinski definition) is 5. The molecule has 0 atom stereocenters. The number of likely N-dealkylation sites (N-methyl/N-ethyl adjacent to an activating group) is 1. The first kappa shape index (κ1) is 20.9. The number of nitrogens with zero attached hydrogens (tertiary/aromatic N) is 3. The third-order valence-electron chi connectivity index (χ3n) is 4.02. The number of anilines is 1. The summed E-state index contributed by atoms with van der Waals surface area (Å²) in [5.41, 5.74) is 3.35. The average molecular weight is 388 g/mol. The van der Waals surface area contributed by atoms with Gasteiger partial charge in [-0.1, -0.05) is 32.0 Å². The Labute approximate surface area is 158 Å². The van der Waals surface area contributed by atoms with Crippen LogP contribution in [-0.2, 0) is 31.4 Å². The van der Waals surface area contributed by atoms with Crippen molar-refractivity contribution in [3.8, 4) is 0 Å². The summed E-state index contributed by atoms with van der Waals surface area (Å²) in [6.07, 6.45) is 3.10. The molecule has 25 heavy (non-hydrogen) atoms. The van der Waals surface area contributed by atoms with Gasteiger partial charge in [0.15, 0.2) is 0 Å². The Balaban J connectivity index is 0.00000312. The van der Waals surface area contributed by atoms with Gasteiger partial charge < -0.3 is 14.7 Å². The summed E-state index contributed by atoms with van der Waals surface area (Å²) >= 11 is 0. The van der Waals surface area contributed by atoms with Crippen molar-refractivity contribution in [2.24, 2.45) is 10.2 Å². The molecule has 0 amide bonds. The van der Waals surface area contributed by atoms with Crippen molar-refractivity contribution in [1.29, 1.82) is 0 Å². The Bertz CT molecular complexity index is 711. The van der Waals surface area contributed by atoms with E-state index in [1.54, 1.807) is 6.92 Å². The number of rotatable bonds is 5. The van der Waals surface area contributed by atoms with E-state index in [1.807, 2.05) is 25.3 Å². The standard InChI is InChI=1S/C18H23N3O3.Ni/c1-5-24-17(23)12-16(22)20-19-11-10-15-18(2,3)13-8-6-7-9-14(13)21(15)4;/h6-11H,5,12H2,1-4H3,(H,20,22);/b15-10-,19-11+;. The van der Waals surface area contributed by atoms with Crippen molar-refractivity contribution in [1.82, 2.24) is 0 Å². The molecular formula is C18H23N3NiO3. The molecule has 7 heteroatoms. The number of ether oxygens (including phenoxy) is 1. The molecule has 1 heterocycles. The van der Waals surface area contributed by atoms with E-state index in [2.05, 4.69) is 41.1 Å². The molecule has 0 unspecified atom stereocenters. The fraction of sp³-hybridized carbons (Fsp3) is 0.389. The Morgan fingerprint density at radius 2 is 2.04 bits per heavy atom. The van der Waals surface area contributed by atoms with Crippen LogP contribution in [0, 0.1) is 0 Å². The summed E-state index contributed by atoms with van der Waals surface area (Å²) in [6, 6.07) is 8.24. The van der Waals surface area contributed by atoms with Crippen LogP contribution in [0.15, 0.2) is 46.2 Å². The molecule has 1 aliphatic rings. The van der Waals surface area contributed by atoms with E-state index in [9.17, 15) is 9.90 Å². The smallest absolute Gasteiger partial charge is 0.315 e. The first-order chi connectivity index (χ1) is 11.4. The SMILES string of the molecule is CCOC(=O)C/C(O)=N/N=C/C=C1\N(C)c2ccccc2C1(C)C.[Ni]. The number of fused-ring (bicyclic) bond motifs is 1. The number of carbonyl (C=O) groups is 1. The molecule has 0 aliphatic carbocycles. The molecular weight excluding hydrogens is 365 g/mol. The predicted octanol–water partition coefficient (Wildman–Crippen LogP) is 3.19. The molecule has 0 bridgehead atoms. The van der Waals surface area contributed by atoms with E-state index in [-0.39, 0.29) is 40.8 Å². The molecule has 1 N–H and O–H groups in total. The maximum absolute atomic E-state index is 11.2. The van der Waals surface area contributed by atoms with E-state index in [0.29, 0.717) is 0 Å². The van der Waals surface area contributed by atoms with Gasteiger partial charge in [0.1, 0.15) is 6.42 Å². The molecule has 6 nitrogen and oxygen atoms in total. The van der Waals surface area contributed by atoms with Gasteiger partial charge in [-0.3, -0.25) is 4.79 Å². The number of allylic oxidation sites excluding steroid dienone is 2. The number of aliphatic hydroxyl groups is 1. The van der Waals surface area contributed by atoms with Crippen LogP contribution in [-0.4, -0.2) is 36.8 Å². The first-order valence-corrected chi connectivity index (χ1v) is 7.86. The molecule has 0 saturated heterocycles. The zero-order chi connectivity index (χ0) is 17.7. The van der Waals surface area contributed by atoms with Gasteiger partial charge in [0.2, 0.25) is 5.90 Å². The van der Waals surface area contributed by atoms with Crippen LogP contribution < -0.4 is 4.90 Å². The third kappa shape index (κ3) is 4.70. The van der Waals surface area contributed by atoms with Crippen LogP contribution in [0.25, 0.3) is 0 Å². The summed E-state index contributed by atoms with van der Waals surface area (Å²) in [5, 5.41) is 17.0. The molecule has 1 aliphatic heterocycles. The minimum Gasteiger partial charge on any atom is -0.495 e. The monoisotopic (exact) mass is 387 g/mol. The van der Waals surface area contributed by atoms with Gasteiger partial charge in [-0.2, -0.15) is 5.10 Å². The summed E-state index contributed by atoms with van der Waals surface area (Å²) in [6.45, 7) is 6.27. The maximum Gasteiger partial charge on any atom is 0.315 e. The van der Waals surface area contributed by atoms with Gasteiger partial charge in [0, 0.05) is 40.3 Å². The quantitative estimate of drug-likeness (QED) is 0.277. The van der Waals surface area contributed by atoms with Crippen LogP contribution in [0.3, 0.4) is 0 Å². The van der Waals surface area contributed by atoms with Gasteiger partial charge in [-0.15, -0.1) is 5.10 Å². The average Bonchev–Trinajstić information content (AvgIpc) is 2.72. The second-order valence-corrected chi connectivity index (χ2v) is 6.02.